The predicted octanol–water partition coefficient (Wildman–Crippen LogP) is 2.80. The number of nitrogen functional groups attached to an aromatic ring is 1. The molecule has 0 aliphatic carbocycles. The lowest BCUT2D eigenvalue weighted by molar-refractivity contribution is -0.121. The van der Waals surface area contributed by atoms with Crippen LogP contribution < -0.4 is 11.1 Å². The van der Waals surface area contributed by atoms with E-state index >= 15 is 0 Å². The molecule has 0 saturated carbocycles. The second-order valence-electron chi connectivity index (χ2n) is 4.69. The number of nitrogens with one attached hydrogen (secondary N) is 1. The van der Waals surface area contributed by atoms with Crippen molar-refractivity contribution in [3.05, 3.63) is 24.0 Å². The quantitative estimate of drug-likeness (QED) is 0.747. The summed E-state index contributed by atoms with van der Waals surface area (Å²) in [4.78, 5) is 11.6. The van der Waals surface area contributed by atoms with E-state index in [1.165, 1.54) is 18.2 Å². The summed E-state index contributed by atoms with van der Waals surface area (Å²) in [5.41, 5.74) is 5.89. The van der Waals surface area contributed by atoms with E-state index in [0.717, 1.165) is 12.8 Å². The zero-order valence-electron chi connectivity index (χ0n) is 11.4. The summed E-state index contributed by atoms with van der Waals surface area (Å²) in [5.74, 6) is -0.323. The van der Waals surface area contributed by atoms with Crippen LogP contribution in [0.15, 0.2) is 18.2 Å². The molecule has 19 heavy (non-hydrogen) atoms. The molecular formula is C14H21FN2O2. The Kier molecular flexibility index (Phi) is 6.29. The van der Waals surface area contributed by atoms with Crippen LogP contribution in [0, 0.1) is 11.7 Å². The average molecular weight is 268 g/mol. The number of rotatable bonds is 7. The van der Waals surface area contributed by atoms with Crippen LogP contribution in [0.2, 0.25) is 0 Å². The van der Waals surface area contributed by atoms with Crippen molar-refractivity contribution in [2.24, 2.45) is 5.92 Å². The van der Waals surface area contributed by atoms with Crippen LogP contribution in [0.1, 0.15) is 26.7 Å². The molecule has 1 atom stereocenters. The highest BCUT2D eigenvalue weighted by atomic mass is 19.1. The van der Waals surface area contributed by atoms with E-state index in [1.807, 2.05) is 0 Å². The lowest BCUT2D eigenvalue weighted by Crippen LogP contribution is -2.20. The van der Waals surface area contributed by atoms with Gasteiger partial charge in [0.05, 0.1) is 5.69 Å². The fourth-order valence-corrected chi connectivity index (χ4v) is 1.75. The highest BCUT2D eigenvalue weighted by Gasteiger charge is 2.06. The Hall–Kier alpha value is -1.62. The monoisotopic (exact) mass is 268 g/mol. The topological polar surface area (TPSA) is 64.3 Å². The first kappa shape index (κ1) is 15.4. The number of hydrogen-bond acceptors (Lipinski definition) is 3. The van der Waals surface area contributed by atoms with Crippen LogP contribution in [0.3, 0.4) is 0 Å². The van der Waals surface area contributed by atoms with Gasteiger partial charge < -0.3 is 15.8 Å². The van der Waals surface area contributed by atoms with Gasteiger partial charge >= 0.3 is 0 Å². The Bertz CT molecular complexity index is 424. The number of ether oxygens (including phenoxy) is 1. The molecule has 0 bridgehead atoms. The Labute approximate surface area is 113 Å². The zero-order valence-corrected chi connectivity index (χ0v) is 11.4. The SMILES string of the molecule is CCCC(C)COCC(=O)Nc1ccc(F)c(N)c1. The minimum absolute atomic E-state index is 0.00860. The van der Waals surface area contributed by atoms with Crippen molar-refractivity contribution in [2.75, 3.05) is 24.3 Å². The van der Waals surface area contributed by atoms with Gasteiger partial charge in [-0.2, -0.15) is 0 Å². The van der Waals surface area contributed by atoms with Crippen LogP contribution in [0.4, 0.5) is 15.8 Å². The molecule has 106 valence electrons. The van der Waals surface area contributed by atoms with E-state index in [1.54, 1.807) is 0 Å². The normalized spacial score (nSPS) is 12.2. The Morgan fingerprint density at radius 1 is 1.53 bits per heavy atom. The number of anilines is 2. The number of benzene rings is 1. The smallest absolute Gasteiger partial charge is 0.250 e. The van der Waals surface area contributed by atoms with Crippen LogP contribution in [-0.4, -0.2) is 19.1 Å². The number of hydrogen-bond donors (Lipinski definition) is 2. The van der Waals surface area contributed by atoms with Crippen molar-refractivity contribution in [1.82, 2.24) is 0 Å². The van der Waals surface area contributed by atoms with Gasteiger partial charge in [0.1, 0.15) is 12.4 Å². The molecule has 1 aromatic carbocycles. The lowest BCUT2D eigenvalue weighted by atomic mass is 10.1. The van der Waals surface area contributed by atoms with Crippen LogP contribution in [-0.2, 0) is 9.53 Å². The second kappa shape index (κ2) is 7.74. The molecule has 0 saturated heterocycles. The molecule has 0 aliphatic heterocycles. The molecule has 0 aromatic heterocycles. The molecule has 0 aliphatic rings. The second-order valence-corrected chi connectivity index (χ2v) is 4.69. The predicted molar refractivity (Wildman–Crippen MR) is 74.3 cm³/mol. The first-order chi connectivity index (χ1) is 9.02. The third-order valence-corrected chi connectivity index (χ3v) is 2.70. The number of carbonyl (C=O) groups is 1. The molecule has 0 spiro atoms. The van der Waals surface area contributed by atoms with Gasteiger partial charge in [-0.25, -0.2) is 4.39 Å². The third-order valence-electron chi connectivity index (χ3n) is 2.70. The first-order valence-corrected chi connectivity index (χ1v) is 6.45. The molecule has 0 heterocycles. The van der Waals surface area contributed by atoms with E-state index in [9.17, 15) is 9.18 Å². The number of halogens is 1. The summed E-state index contributed by atoms with van der Waals surface area (Å²) in [6.07, 6.45) is 2.18. The molecule has 1 rings (SSSR count). The highest BCUT2D eigenvalue weighted by molar-refractivity contribution is 5.92. The van der Waals surface area contributed by atoms with E-state index < -0.39 is 5.82 Å². The molecule has 3 N–H and O–H groups in total. The Morgan fingerprint density at radius 2 is 2.26 bits per heavy atom. The van der Waals surface area contributed by atoms with Gasteiger partial charge in [-0.1, -0.05) is 20.3 Å². The van der Waals surface area contributed by atoms with Gasteiger partial charge in [0.25, 0.3) is 0 Å². The average Bonchev–Trinajstić information content (AvgIpc) is 2.34. The van der Waals surface area contributed by atoms with Gasteiger partial charge in [-0.15, -0.1) is 0 Å². The maximum Gasteiger partial charge on any atom is 0.250 e. The van der Waals surface area contributed by atoms with Gasteiger partial charge in [0, 0.05) is 12.3 Å². The minimum Gasteiger partial charge on any atom is -0.396 e. The van der Waals surface area contributed by atoms with Gasteiger partial charge in [-0.3, -0.25) is 4.79 Å². The molecule has 5 heteroatoms. The first-order valence-electron chi connectivity index (χ1n) is 6.45. The number of nitrogens with two attached hydrogens (primary N) is 1. The minimum atomic E-state index is -0.498. The summed E-state index contributed by atoms with van der Waals surface area (Å²) in [6.45, 7) is 4.75. The van der Waals surface area contributed by atoms with E-state index in [0.29, 0.717) is 18.2 Å². The van der Waals surface area contributed by atoms with Gasteiger partial charge in [0.2, 0.25) is 5.91 Å². The van der Waals surface area contributed by atoms with Crippen molar-refractivity contribution in [2.45, 2.75) is 26.7 Å². The Balaban J connectivity index is 2.33. The van der Waals surface area contributed by atoms with Crippen molar-refractivity contribution in [3.8, 4) is 0 Å². The molecule has 1 aromatic rings. The number of amides is 1. The molecule has 1 amide bonds. The van der Waals surface area contributed by atoms with Crippen molar-refractivity contribution in [1.29, 1.82) is 0 Å². The van der Waals surface area contributed by atoms with Crippen molar-refractivity contribution >= 4 is 17.3 Å². The zero-order chi connectivity index (χ0) is 14.3. The summed E-state index contributed by atoms with van der Waals surface area (Å²) in [6, 6.07) is 4.06. The summed E-state index contributed by atoms with van der Waals surface area (Å²) in [7, 11) is 0. The van der Waals surface area contributed by atoms with E-state index in [2.05, 4.69) is 19.2 Å². The highest BCUT2D eigenvalue weighted by Crippen LogP contribution is 2.16. The largest absolute Gasteiger partial charge is 0.396 e. The van der Waals surface area contributed by atoms with E-state index in [4.69, 9.17) is 10.5 Å². The lowest BCUT2D eigenvalue weighted by Gasteiger charge is -2.11. The Morgan fingerprint density at radius 3 is 2.89 bits per heavy atom. The fourth-order valence-electron chi connectivity index (χ4n) is 1.75. The molecular weight excluding hydrogens is 247 g/mol. The van der Waals surface area contributed by atoms with Gasteiger partial charge in [-0.05, 0) is 30.5 Å². The van der Waals surface area contributed by atoms with Crippen LogP contribution >= 0.6 is 0 Å². The summed E-state index contributed by atoms with van der Waals surface area (Å²) >= 11 is 0. The van der Waals surface area contributed by atoms with Crippen LogP contribution in [0.5, 0.6) is 0 Å². The van der Waals surface area contributed by atoms with E-state index in [-0.39, 0.29) is 18.2 Å². The molecule has 4 nitrogen and oxygen atoms in total. The van der Waals surface area contributed by atoms with Crippen molar-refractivity contribution < 1.29 is 13.9 Å². The summed E-state index contributed by atoms with van der Waals surface area (Å²) < 4.78 is 18.3. The third kappa shape index (κ3) is 5.70. The molecule has 0 fully saturated rings. The fraction of sp³-hybridized carbons (Fsp3) is 0.500. The van der Waals surface area contributed by atoms with Crippen LogP contribution in [0.25, 0.3) is 0 Å². The number of carbonyl (C=O) groups excluding carboxylic acids is 1. The maximum absolute atomic E-state index is 12.9. The molecule has 0 radical (unpaired) electrons. The standard InChI is InChI=1S/C14H21FN2O2/c1-3-4-10(2)8-19-9-14(18)17-11-5-6-12(15)13(16)7-11/h5-7,10H,3-4,8-9,16H2,1-2H3,(H,17,18). The molecule has 1 unspecified atom stereocenters. The summed E-state index contributed by atoms with van der Waals surface area (Å²) in [5, 5.41) is 2.61. The maximum atomic E-state index is 12.9. The van der Waals surface area contributed by atoms with Crippen molar-refractivity contribution in [3.63, 3.8) is 0 Å². The van der Waals surface area contributed by atoms with Gasteiger partial charge in [0.15, 0.2) is 0 Å².